The lowest BCUT2D eigenvalue weighted by atomic mass is 9.96. The van der Waals surface area contributed by atoms with Crippen molar-refractivity contribution in [3.05, 3.63) is 46.1 Å². The highest BCUT2D eigenvalue weighted by atomic mass is 16.6. The molecule has 1 aromatic heterocycles. The molecule has 2 N–H and O–H groups in total. The van der Waals surface area contributed by atoms with E-state index in [1.807, 2.05) is 12.1 Å². The summed E-state index contributed by atoms with van der Waals surface area (Å²) in [5, 5.41) is 11.9. The summed E-state index contributed by atoms with van der Waals surface area (Å²) in [5.74, 6) is 0.535. The summed E-state index contributed by atoms with van der Waals surface area (Å²) in [5.41, 5.74) is 7.64. The first-order valence-electron chi connectivity index (χ1n) is 6.75. The third kappa shape index (κ3) is 3.11. The van der Waals surface area contributed by atoms with E-state index < -0.39 is 4.92 Å². The Balaban J connectivity index is 2.40. The molecule has 2 aromatic rings. The van der Waals surface area contributed by atoms with E-state index in [4.69, 9.17) is 5.73 Å². The molecule has 0 aliphatic heterocycles. The molecule has 1 atom stereocenters. The fraction of sp³-hybridized carbons (Fsp3) is 0.400. The predicted molar refractivity (Wildman–Crippen MR) is 79.5 cm³/mol. The van der Waals surface area contributed by atoms with Gasteiger partial charge in [0.05, 0.1) is 4.92 Å². The van der Waals surface area contributed by atoms with Crippen LogP contribution in [0.1, 0.15) is 25.8 Å². The fourth-order valence-corrected chi connectivity index (χ4v) is 2.51. The average molecular weight is 273 g/mol. The van der Waals surface area contributed by atoms with Crippen LogP contribution in [-0.4, -0.2) is 15.9 Å². The van der Waals surface area contributed by atoms with E-state index in [9.17, 15) is 10.1 Å². The van der Waals surface area contributed by atoms with Gasteiger partial charge in [-0.05, 0) is 30.4 Å². The molecule has 2 rings (SSSR count). The van der Waals surface area contributed by atoms with Crippen LogP contribution in [0.4, 0.5) is 5.69 Å². The molecule has 0 spiro atoms. The number of aromatic nitrogens is 1. The summed E-state index contributed by atoms with van der Waals surface area (Å²) < 4.78 is 0. The van der Waals surface area contributed by atoms with Crippen LogP contribution < -0.4 is 5.73 Å². The van der Waals surface area contributed by atoms with Gasteiger partial charge in [-0.3, -0.25) is 10.1 Å². The van der Waals surface area contributed by atoms with Crippen molar-refractivity contribution >= 4 is 16.6 Å². The third-order valence-electron chi connectivity index (χ3n) is 3.29. The summed E-state index contributed by atoms with van der Waals surface area (Å²) in [6.07, 6.45) is 3.25. The highest BCUT2D eigenvalue weighted by Crippen LogP contribution is 2.26. The standard InChI is InChI=1S/C15H19N3O2/c1-10(2)8-12(16)9-11-6-7-17-15-13(11)4-3-5-14(15)18(19)20/h3-7,10,12H,8-9,16H2,1-2H3. The quantitative estimate of drug-likeness (QED) is 0.670. The number of nitrogens with two attached hydrogens (primary N) is 1. The van der Waals surface area contributed by atoms with Crippen molar-refractivity contribution in [1.29, 1.82) is 0 Å². The number of nitro benzene ring substituents is 1. The zero-order valence-electron chi connectivity index (χ0n) is 11.7. The van der Waals surface area contributed by atoms with Crippen LogP contribution in [0.3, 0.4) is 0 Å². The van der Waals surface area contributed by atoms with Crippen LogP contribution in [-0.2, 0) is 6.42 Å². The Morgan fingerprint density at radius 2 is 2.10 bits per heavy atom. The van der Waals surface area contributed by atoms with Crippen molar-refractivity contribution < 1.29 is 4.92 Å². The van der Waals surface area contributed by atoms with Crippen LogP contribution in [0.15, 0.2) is 30.5 Å². The second-order valence-corrected chi connectivity index (χ2v) is 5.49. The second-order valence-electron chi connectivity index (χ2n) is 5.49. The SMILES string of the molecule is CC(C)CC(N)Cc1ccnc2c([N+](=O)[O-])cccc12. The highest BCUT2D eigenvalue weighted by molar-refractivity contribution is 5.89. The summed E-state index contributed by atoms with van der Waals surface area (Å²) >= 11 is 0. The zero-order valence-corrected chi connectivity index (χ0v) is 11.7. The molecule has 0 saturated carbocycles. The first-order valence-corrected chi connectivity index (χ1v) is 6.75. The number of nitro groups is 1. The minimum absolute atomic E-state index is 0.0433. The lowest BCUT2D eigenvalue weighted by Crippen LogP contribution is -2.24. The molecule has 5 heteroatoms. The van der Waals surface area contributed by atoms with Crippen LogP contribution in [0, 0.1) is 16.0 Å². The van der Waals surface area contributed by atoms with Gasteiger partial charge in [-0.15, -0.1) is 0 Å². The number of hydrogen-bond donors (Lipinski definition) is 1. The highest BCUT2D eigenvalue weighted by Gasteiger charge is 2.15. The fourth-order valence-electron chi connectivity index (χ4n) is 2.51. The van der Waals surface area contributed by atoms with Gasteiger partial charge in [0.25, 0.3) is 5.69 Å². The maximum Gasteiger partial charge on any atom is 0.295 e. The Hall–Kier alpha value is -2.01. The summed E-state index contributed by atoms with van der Waals surface area (Å²) in [7, 11) is 0. The third-order valence-corrected chi connectivity index (χ3v) is 3.29. The molecule has 1 aromatic carbocycles. The summed E-state index contributed by atoms with van der Waals surface area (Å²) in [6.45, 7) is 4.27. The molecule has 0 fully saturated rings. The van der Waals surface area contributed by atoms with Crippen LogP contribution in [0.25, 0.3) is 10.9 Å². The van der Waals surface area contributed by atoms with E-state index in [0.29, 0.717) is 17.9 Å². The molecule has 0 saturated heterocycles. The molecule has 20 heavy (non-hydrogen) atoms. The number of hydrogen-bond acceptors (Lipinski definition) is 4. The van der Waals surface area contributed by atoms with Crippen molar-refractivity contribution in [2.75, 3.05) is 0 Å². The first-order chi connectivity index (χ1) is 9.49. The molecule has 1 unspecified atom stereocenters. The minimum Gasteiger partial charge on any atom is -0.327 e. The van der Waals surface area contributed by atoms with Crippen molar-refractivity contribution in [3.8, 4) is 0 Å². The number of para-hydroxylation sites is 1. The molecule has 0 aliphatic rings. The Kier molecular flexibility index (Phi) is 4.29. The maximum atomic E-state index is 11.0. The molecular weight excluding hydrogens is 254 g/mol. The molecule has 0 aliphatic carbocycles. The number of nitrogens with zero attached hydrogens (tertiary/aromatic N) is 2. The Bertz CT molecular complexity index is 626. The molecule has 0 amide bonds. The van der Waals surface area contributed by atoms with Crippen LogP contribution in [0.2, 0.25) is 0 Å². The van der Waals surface area contributed by atoms with Gasteiger partial charge >= 0.3 is 0 Å². The van der Waals surface area contributed by atoms with E-state index in [1.165, 1.54) is 6.07 Å². The van der Waals surface area contributed by atoms with Gasteiger partial charge in [0.15, 0.2) is 0 Å². The largest absolute Gasteiger partial charge is 0.327 e. The zero-order chi connectivity index (χ0) is 14.7. The van der Waals surface area contributed by atoms with Gasteiger partial charge in [0.1, 0.15) is 5.52 Å². The topological polar surface area (TPSA) is 82.0 Å². The lowest BCUT2D eigenvalue weighted by molar-refractivity contribution is -0.383. The minimum atomic E-state index is -0.396. The van der Waals surface area contributed by atoms with Gasteiger partial charge in [-0.25, -0.2) is 4.98 Å². The van der Waals surface area contributed by atoms with Gasteiger partial charge in [-0.1, -0.05) is 26.0 Å². The van der Waals surface area contributed by atoms with Gasteiger partial charge in [0.2, 0.25) is 0 Å². The second kappa shape index (κ2) is 5.96. The number of non-ortho nitro benzene ring substituents is 1. The first kappa shape index (κ1) is 14.4. The smallest absolute Gasteiger partial charge is 0.295 e. The molecule has 106 valence electrons. The Morgan fingerprint density at radius 1 is 1.35 bits per heavy atom. The van der Waals surface area contributed by atoms with E-state index in [-0.39, 0.29) is 11.7 Å². The van der Waals surface area contributed by atoms with E-state index in [1.54, 1.807) is 12.3 Å². The molecule has 5 nitrogen and oxygen atoms in total. The molecule has 1 heterocycles. The number of pyridine rings is 1. The Morgan fingerprint density at radius 3 is 2.75 bits per heavy atom. The monoisotopic (exact) mass is 273 g/mol. The normalized spacial score (nSPS) is 12.8. The number of fused-ring (bicyclic) bond motifs is 1. The summed E-state index contributed by atoms with van der Waals surface area (Å²) in [4.78, 5) is 14.8. The summed E-state index contributed by atoms with van der Waals surface area (Å²) in [6, 6.07) is 6.99. The van der Waals surface area contributed by atoms with Crippen molar-refractivity contribution in [2.24, 2.45) is 11.7 Å². The molecule has 0 radical (unpaired) electrons. The van der Waals surface area contributed by atoms with E-state index >= 15 is 0 Å². The van der Waals surface area contributed by atoms with E-state index in [0.717, 1.165) is 17.4 Å². The van der Waals surface area contributed by atoms with E-state index in [2.05, 4.69) is 18.8 Å². The average Bonchev–Trinajstić information content (AvgIpc) is 2.37. The van der Waals surface area contributed by atoms with Gasteiger partial charge < -0.3 is 5.73 Å². The number of rotatable bonds is 5. The number of benzene rings is 1. The predicted octanol–water partition coefficient (Wildman–Crippen LogP) is 3.06. The van der Waals surface area contributed by atoms with Crippen molar-refractivity contribution in [2.45, 2.75) is 32.7 Å². The lowest BCUT2D eigenvalue weighted by Gasteiger charge is -2.15. The van der Waals surface area contributed by atoms with Gasteiger partial charge in [0, 0.05) is 23.7 Å². The molecule has 0 bridgehead atoms. The van der Waals surface area contributed by atoms with Crippen LogP contribution >= 0.6 is 0 Å². The molecular formula is C15H19N3O2. The van der Waals surface area contributed by atoms with Crippen LogP contribution in [0.5, 0.6) is 0 Å². The van der Waals surface area contributed by atoms with Crippen molar-refractivity contribution in [1.82, 2.24) is 4.98 Å². The van der Waals surface area contributed by atoms with Crippen molar-refractivity contribution in [3.63, 3.8) is 0 Å². The Labute approximate surface area is 118 Å². The van der Waals surface area contributed by atoms with Gasteiger partial charge in [-0.2, -0.15) is 0 Å². The maximum absolute atomic E-state index is 11.0.